The van der Waals surface area contributed by atoms with Crippen LogP contribution in [0.5, 0.6) is 0 Å². The van der Waals surface area contributed by atoms with Crippen LogP contribution in [-0.4, -0.2) is 33.2 Å². The van der Waals surface area contributed by atoms with Crippen LogP contribution >= 0.6 is 0 Å². The first-order valence-electron chi connectivity index (χ1n) is 9.77. The Balaban J connectivity index is 2.39. The lowest BCUT2D eigenvalue weighted by Crippen LogP contribution is -2.42. The smallest absolute Gasteiger partial charge is 0.408 e. The van der Waals surface area contributed by atoms with Gasteiger partial charge in [-0.25, -0.2) is 4.79 Å². The van der Waals surface area contributed by atoms with E-state index in [-0.39, 0.29) is 23.3 Å². The third kappa shape index (κ3) is 7.83. The molecule has 1 amide bonds. The Kier molecular flexibility index (Phi) is 9.02. The summed E-state index contributed by atoms with van der Waals surface area (Å²) in [6.07, 6.45) is 7.12. The first-order chi connectivity index (χ1) is 11.7. The van der Waals surface area contributed by atoms with Gasteiger partial charge in [0, 0.05) is 13.0 Å². The summed E-state index contributed by atoms with van der Waals surface area (Å²) in [5, 5.41) is 3.06. The summed E-state index contributed by atoms with van der Waals surface area (Å²) < 4.78 is 11.5. The van der Waals surface area contributed by atoms with E-state index in [1.807, 2.05) is 0 Å². The summed E-state index contributed by atoms with van der Waals surface area (Å²) >= 11 is 0. The molecular weight excluding hydrogens is 330 g/mol. The summed E-state index contributed by atoms with van der Waals surface area (Å²) in [6, 6.07) is -0.0649. The van der Waals surface area contributed by atoms with Gasteiger partial charge in [-0.05, 0) is 31.0 Å². The maximum absolute atomic E-state index is 11.6. The van der Waals surface area contributed by atoms with Crippen LogP contribution in [-0.2, 0) is 9.16 Å². The molecule has 0 aromatic heterocycles. The molecule has 0 aromatic rings. The zero-order valence-corrected chi connectivity index (χ0v) is 18.0. The number of carbonyl (C=O) groups is 1. The molecule has 144 valence electrons. The second-order valence-electron chi connectivity index (χ2n) is 8.46. The van der Waals surface area contributed by atoms with Gasteiger partial charge in [0.25, 0.3) is 0 Å². The van der Waals surface area contributed by atoms with Crippen LogP contribution in [0.4, 0.5) is 4.79 Å². The number of unbranched alkanes of at least 4 members (excludes halogenated alkanes) is 5. The van der Waals surface area contributed by atoms with Gasteiger partial charge in [-0.15, -0.1) is 0 Å². The lowest BCUT2D eigenvalue weighted by Gasteiger charge is -2.36. The van der Waals surface area contributed by atoms with E-state index in [2.05, 4.69) is 57.9 Å². The van der Waals surface area contributed by atoms with Gasteiger partial charge in [-0.1, -0.05) is 65.2 Å². The molecule has 1 heterocycles. The normalized spacial score (nSPS) is 20.6. The van der Waals surface area contributed by atoms with Crippen molar-refractivity contribution in [2.75, 3.05) is 6.61 Å². The zero-order valence-electron chi connectivity index (χ0n) is 17.0. The molecule has 0 aromatic carbocycles. The molecule has 0 radical (unpaired) electrons. The summed E-state index contributed by atoms with van der Waals surface area (Å²) in [6.45, 7) is 14.0. The molecule has 1 fully saturated rings. The van der Waals surface area contributed by atoms with E-state index >= 15 is 0 Å². The van der Waals surface area contributed by atoms with Crippen molar-refractivity contribution >= 4 is 14.4 Å². The van der Waals surface area contributed by atoms with E-state index in [1.165, 1.54) is 25.7 Å². The highest BCUT2D eigenvalue weighted by molar-refractivity contribution is 6.74. The van der Waals surface area contributed by atoms with Gasteiger partial charge in [0.15, 0.2) is 14.4 Å². The van der Waals surface area contributed by atoms with Crippen LogP contribution in [0.15, 0.2) is 0 Å². The molecule has 1 aliphatic rings. The number of cyclic esters (lactones) is 1. The standard InChI is InChI=1S/C20H37NO3Si/c1-7-8-9-10-11-12-13-14-18-17(21-19(22)24-18)15-16-23-25(5,6)20(2,3)4/h17-18H,7-12,15-16H2,1-6H3,(H,21,22)/t17-,18+/m0/s1. The summed E-state index contributed by atoms with van der Waals surface area (Å²) in [4.78, 5) is 11.6. The van der Waals surface area contributed by atoms with E-state index in [4.69, 9.17) is 9.16 Å². The van der Waals surface area contributed by atoms with E-state index in [9.17, 15) is 4.79 Å². The molecule has 0 aliphatic carbocycles. The van der Waals surface area contributed by atoms with Gasteiger partial charge in [-0.2, -0.15) is 0 Å². The molecule has 1 saturated heterocycles. The summed E-state index contributed by atoms with van der Waals surface area (Å²) in [7, 11) is -1.75. The maximum atomic E-state index is 11.6. The third-order valence-electron chi connectivity index (χ3n) is 5.25. The van der Waals surface area contributed by atoms with E-state index in [0.717, 1.165) is 19.3 Å². The molecule has 1 rings (SSSR count). The van der Waals surface area contributed by atoms with Gasteiger partial charge < -0.3 is 14.5 Å². The summed E-state index contributed by atoms with van der Waals surface area (Å²) in [5.74, 6) is 6.32. The average Bonchev–Trinajstić information content (AvgIpc) is 2.85. The molecule has 0 bridgehead atoms. The van der Waals surface area contributed by atoms with Gasteiger partial charge in [0.1, 0.15) is 0 Å². The predicted molar refractivity (Wildman–Crippen MR) is 106 cm³/mol. The lowest BCUT2D eigenvalue weighted by molar-refractivity contribution is 0.153. The molecule has 0 spiro atoms. The average molecular weight is 368 g/mol. The first kappa shape index (κ1) is 22.0. The van der Waals surface area contributed by atoms with E-state index in [0.29, 0.717) is 6.61 Å². The Morgan fingerprint density at radius 3 is 2.52 bits per heavy atom. The molecule has 0 unspecified atom stereocenters. The number of nitrogens with one attached hydrogen (secondary N) is 1. The van der Waals surface area contributed by atoms with Crippen LogP contribution in [0.1, 0.15) is 72.6 Å². The highest BCUT2D eigenvalue weighted by Crippen LogP contribution is 2.36. The van der Waals surface area contributed by atoms with Crippen molar-refractivity contribution in [1.82, 2.24) is 5.32 Å². The lowest BCUT2D eigenvalue weighted by atomic mass is 10.1. The number of amides is 1. The Labute approximate surface area is 155 Å². The summed E-state index contributed by atoms with van der Waals surface area (Å²) in [5.41, 5.74) is 0. The monoisotopic (exact) mass is 367 g/mol. The maximum Gasteiger partial charge on any atom is 0.408 e. The molecular formula is C20H37NO3Si. The number of hydrogen-bond acceptors (Lipinski definition) is 3. The number of rotatable bonds is 9. The topological polar surface area (TPSA) is 47.6 Å². The minimum atomic E-state index is -1.75. The van der Waals surface area contributed by atoms with Crippen molar-refractivity contribution in [1.29, 1.82) is 0 Å². The molecule has 1 aliphatic heterocycles. The number of alkyl carbamates (subject to hydrolysis) is 1. The van der Waals surface area contributed by atoms with Crippen molar-refractivity contribution in [2.24, 2.45) is 0 Å². The molecule has 0 saturated carbocycles. The Morgan fingerprint density at radius 1 is 1.20 bits per heavy atom. The fourth-order valence-corrected chi connectivity index (χ4v) is 3.52. The second-order valence-corrected chi connectivity index (χ2v) is 13.3. The molecule has 1 N–H and O–H groups in total. The number of hydrogen-bond donors (Lipinski definition) is 1. The van der Waals surface area contributed by atoms with Gasteiger partial charge in [-0.3, -0.25) is 0 Å². The first-order valence-corrected chi connectivity index (χ1v) is 12.7. The quantitative estimate of drug-likeness (QED) is 0.344. The highest BCUT2D eigenvalue weighted by atomic mass is 28.4. The zero-order chi connectivity index (χ0) is 18.9. The Bertz CT molecular complexity index is 474. The fourth-order valence-electron chi connectivity index (χ4n) is 2.46. The van der Waals surface area contributed by atoms with Crippen molar-refractivity contribution in [3.63, 3.8) is 0 Å². The van der Waals surface area contributed by atoms with Crippen LogP contribution in [0.2, 0.25) is 18.1 Å². The Hall–Kier alpha value is -0.993. The fraction of sp³-hybridized carbons (Fsp3) is 0.850. The number of ether oxygens (including phenoxy) is 1. The van der Waals surface area contributed by atoms with E-state index < -0.39 is 8.32 Å². The van der Waals surface area contributed by atoms with Gasteiger partial charge in [0.05, 0.1) is 6.04 Å². The number of carbonyl (C=O) groups excluding carboxylic acids is 1. The minimum absolute atomic E-state index is 0.0649. The molecule has 25 heavy (non-hydrogen) atoms. The van der Waals surface area contributed by atoms with Crippen LogP contribution in [0, 0.1) is 11.8 Å². The van der Waals surface area contributed by atoms with Crippen LogP contribution in [0.25, 0.3) is 0 Å². The minimum Gasteiger partial charge on any atom is -0.431 e. The van der Waals surface area contributed by atoms with Gasteiger partial charge in [0.2, 0.25) is 0 Å². The van der Waals surface area contributed by atoms with Crippen molar-refractivity contribution in [2.45, 2.75) is 103 Å². The molecule has 4 nitrogen and oxygen atoms in total. The van der Waals surface area contributed by atoms with Gasteiger partial charge >= 0.3 is 6.09 Å². The van der Waals surface area contributed by atoms with Crippen molar-refractivity contribution in [3.05, 3.63) is 0 Å². The van der Waals surface area contributed by atoms with Crippen molar-refractivity contribution in [3.8, 4) is 11.8 Å². The Morgan fingerprint density at radius 2 is 1.88 bits per heavy atom. The third-order valence-corrected chi connectivity index (χ3v) is 9.79. The van der Waals surface area contributed by atoms with Crippen LogP contribution < -0.4 is 5.32 Å². The SMILES string of the molecule is CCCCCCCC#C[C@H]1OC(=O)N[C@H]1CCO[Si](C)(C)C(C)(C)C. The molecule has 2 atom stereocenters. The van der Waals surface area contributed by atoms with Crippen LogP contribution in [0.3, 0.4) is 0 Å². The molecule has 5 heteroatoms. The largest absolute Gasteiger partial charge is 0.431 e. The second kappa shape index (κ2) is 10.2. The van der Waals surface area contributed by atoms with Crippen molar-refractivity contribution < 1.29 is 14.0 Å². The predicted octanol–water partition coefficient (Wildman–Crippen LogP) is 5.24. The highest BCUT2D eigenvalue weighted by Gasteiger charge is 2.38. The van der Waals surface area contributed by atoms with E-state index in [1.54, 1.807) is 0 Å².